The maximum atomic E-state index is 11.5. The fourth-order valence-corrected chi connectivity index (χ4v) is 2.14. The van der Waals surface area contributed by atoms with Crippen LogP contribution in [-0.4, -0.2) is 61.6 Å². The molecule has 0 radical (unpaired) electrons. The molecule has 8 heteroatoms. The average Bonchev–Trinajstić information content (AvgIpc) is 2.11. The zero-order valence-corrected chi connectivity index (χ0v) is 11.1. The van der Waals surface area contributed by atoms with Crippen LogP contribution in [0, 0.1) is 0 Å². The van der Waals surface area contributed by atoms with Gasteiger partial charge >= 0.3 is 12.0 Å². The van der Waals surface area contributed by atoms with Crippen LogP contribution in [0.1, 0.15) is 13.8 Å². The third kappa shape index (κ3) is 6.10. The number of nitrogens with one attached hydrogen (secondary N) is 1. The lowest BCUT2D eigenvalue weighted by atomic mass is 10.3. The topological polar surface area (TPSA) is 104 Å². The van der Waals surface area contributed by atoms with E-state index < -0.39 is 33.9 Å². The Kier molecular flexibility index (Phi) is 5.40. The summed E-state index contributed by atoms with van der Waals surface area (Å²) in [6.45, 7) is 2.90. The monoisotopic (exact) mass is 266 g/mol. The van der Waals surface area contributed by atoms with Crippen LogP contribution >= 0.6 is 0 Å². The van der Waals surface area contributed by atoms with Gasteiger partial charge in [-0.15, -0.1) is 0 Å². The summed E-state index contributed by atoms with van der Waals surface area (Å²) in [7, 11) is -1.85. The van der Waals surface area contributed by atoms with Gasteiger partial charge in [0, 0.05) is 19.3 Å². The molecule has 0 bridgehead atoms. The van der Waals surface area contributed by atoms with Crippen molar-refractivity contribution in [2.45, 2.75) is 25.9 Å². The second-order valence-corrected chi connectivity index (χ2v) is 6.25. The Bertz CT molecular complexity index is 392. The second kappa shape index (κ2) is 5.85. The van der Waals surface area contributed by atoms with Crippen molar-refractivity contribution in [3.05, 3.63) is 0 Å². The van der Waals surface area contributed by atoms with Crippen molar-refractivity contribution in [1.82, 2.24) is 10.2 Å². The number of aliphatic carboxylic acids is 1. The molecular weight excluding hydrogens is 248 g/mol. The molecule has 0 aliphatic carbocycles. The molecule has 0 aromatic rings. The maximum absolute atomic E-state index is 11.5. The summed E-state index contributed by atoms with van der Waals surface area (Å²) in [5.74, 6) is -1.31. The van der Waals surface area contributed by atoms with Gasteiger partial charge < -0.3 is 15.3 Å². The number of amides is 2. The first-order valence-electron chi connectivity index (χ1n) is 4.98. The van der Waals surface area contributed by atoms with Crippen LogP contribution in [0.2, 0.25) is 0 Å². The van der Waals surface area contributed by atoms with E-state index in [2.05, 4.69) is 5.32 Å². The zero-order chi connectivity index (χ0) is 13.8. The van der Waals surface area contributed by atoms with Crippen LogP contribution in [0.25, 0.3) is 0 Å². The number of rotatable bonds is 5. The largest absolute Gasteiger partial charge is 0.480 e. The molecule has 2 atom stereocenters. The Balaban J connectivity index is 4.40. The first-order valence-corrected chi connectivity index (χ1v) is 7.04. The first kappa shape index (κ1) is 15.7. The van der Waals surface area contributed by atoms with E-state index in [9.17, 15) is 18.0 Å². The first-order chi connectivity index (χ1) is 7.54. The van der Waals surface area contributed by atoms with Crippen molar-refractivity contribution in [2.75, 3.05) is 19.1 Å². The molecule has 0 aliphatic rings. The molecule has 0 saturated carbocycles. The highest BCUT2D eigenvalue weighted by Gasteiger charge is 2.23. The molecular formula is C9H18N2O5S. The average molecular weight is 266 g/mol. The Morgan fingerprint density at radius 1 is 1.35 bits per heavy atom. The van der Waals surface area contributed by atoms with Gasteiger partial charge in [0.15, 0.2) is 0 Å². The molecule has 2 N–H and O–H groups in total. The van der Waals surface area contributed by atoms with Crippen LogP contribution in [-0.2, 0) is 14.6 Å². The van der Waals surface area contributed by atoms with Gasteiger partial charge in [0.2, 0.25) is 0 Å². The van der Waals surface area contributed by atoms with Gasteiger partial charge in [-0.25, -0.2) is 18.0 Å². The third-order valence-electron chi connectivity index (χ3n) is 2.18. The fraction of sp³-hybridized carbons (Fsp3) is 0.778. The van der Waals surface area contributed by atoms with Crippen LogP contribution in [0.4, 0.5) is 4.79 Å². The van der Waals surface area contributed by atoms with Crippen molar-refractivity contribution < 1.29 is 23.1 Å². The molecule has 0 heterocycles. The van der Waals surface area contributed by atoms with E-state index >= 15 is 0 Å². The molecule has 2 unspecified atom stereocenters. The standard InChI is InChI=1S/C9H18N2O5S/c1-6(5-17(4,15)16)10-9(14)11(3)7(2)8(12)13/h6-7H,5H2,1-4H3,(H,10,14)(H,12,13). The molecule has 0 spiro atoms. The number of carboxylic acids is 1. The summed E-state index contributed by atoms with van der Waals surface area (Å²) in [6, 6.07) is -2.16. The molecule has 7 nitrogen and oxygen atoms in total. The molecule has 0 saturated heterocycles. The van der Waals surface area contributed by atoms with Crippen molar-refractivity contribution in [1.29, 1.82) is 0 Å². The minimum atomic E-state index is -3.18. The quantitative estimate of drug-likeness (QED) is 0.700. The van der Waals surface area contributed by atoms with E-state index in [1.54, 1.807) is 0 Å². The van der Waals surface area contributed by atoms with Gasteiger partial charge in [0.05, 0.1) is 5.75 Å². The minimum absolute atomic E-state index is 0.186. The summed E-state index contributed by atoms with van der Waals surface area (Å²) >= 11 is 0. The fourth-order valence-electron chi connectivity index (χ4n) is 1.15. The molecule has 0 fully saturated rings. The minimum Gasteiger partial charge on any atom is -0.480 e. The van der Waals surface area contributed by atoms with Crippen molar-refractivity contribution in [2.24, 2.45) is 0 Å². The number of urea groups is 1. The second-order valence-electron chi connectivity index (χ2n) is 4.07. The number of carbonyl (C=O) groups excluding carboxylic acids is 1. The molecule has 2 amide bonds. The summed E-state index contributed by atoms with van der Waals surface area (Å²) in [4.78, 5) is 23.2. The van der Waals surface area contributed by atoms with Crippen LogP contribution in [0.3, 0.4) is 0 Å². The van der Waals surface area contributed by atoms with E-state index in [4.69, 9.17) is 5.11 Å². The third-order valence-corrected chi connectivity index (χ3v) is 3.29. The molecule has 0 aromatic heterocycles. The molecule has 100 valence electrons. The summed E-state index contributed by atoms with van der Waals surface area (Å²) < 4.78 is 22.0. The molecule has 0 rings (SSSR count). The highest BCUT2D eigenvalue weighted by Crippen LogP contribution is 1.98. The Hall–Kier alpha value is -1.31. The van der Waals surface area contributed by atoms with E-state index in [0.717, 1.165) is 11.2 Å². The SMILES string of the molecule is CC(CS(C)(=O)=O)NC(=O)N(C)C(C)C(=O)O. The molecule has 0 aliphatic heterocycles. The van der Waals surface area contributed by atoms with Gasteiger partial charge in [-0.05, 0) is 13.8 Å². The number of hydrogen-bond donors (Lipinski definition) is 2. The molecule has 0 aromatic carbocycles. The Morgan fingerprint density at radius 3 is 2.18 bits per heavy atom. The molecule has 17 heavy (non-hydrogen) atoms. The van der Waals surface area contributed by atoms with Gasteiger partial charge in [-0.3, -0.25) is 0 Å². The summed E-state index contributed by atoms with van der Waals surface area (Å²) in [5, 5.41) is 11.1. The number of carbonyl (C=O) groups is 2. The van der Waals surface area contributed by atoms with Crippen LogP contribution in [0.5, 0.6) is 0 Å². The van der Waals surface area contributed by atoms with Gasteiger partial charge in [-0.2, -0.15) is 0 Å². The maximum Gasteiger partial charge on any atom is 0.326 e. The highest BCUT2D eigenvalue weighted by molar-refractivity contribution is 7.90. The van der Waals surface area contributed by atoms with Crippen molar-refractivity contribution in [3.8, 4) is 0 Å². The summed E-state index contributed by atoms with van der Waals surface area (Å²) in [5.41, 5.74) is 0. The number of sulfone groups is 1. The number of hydrogen-bond acceptors (Lipinski definition) is 4. The predicted octanol–water partition coefficient (Wildman–Crippen LogP) is -0.466. The van der Waals surface area contributed by atoms with Crippen molar-refractivity contribution in [3.63, 3.8) is 0 Å². The number of likely N-dealkylation sites (N-methyl/N-ethyl adjacent to an activating group) is 1. The summed E-state index contributed by atoms with van der Waals surface area (Å²) in [6.07, 6.45) is 1.07. The Labute approximate surface area is 101 Å². The zero-order valence-electron chi connectivity index (χ0n) is 10.3. The number of carboxylic acid groups (broad SMARTS) is 1. The van der Waals surface area contributed by atoms with Crippen LogP contribution in [0.15, 0.2) is 0 Å². The van der Waals surface area contributed by atoms with Gasteiger partial charge in [-0.1, -0.05) is 0 Å². The van der Waals surface area contributed by atoms with E-state index in [-0.39, 0.29) is 5.75 Å². The van der Waals surface area contributed by atoms with E-state index in [0.29, 0.717) is 0 Å². The van der Waals surface area contributed by atoms with Gasteiger partial charge in [0.25, 0.3) is 0 Å². The lowest BCUT2D eigenvalue weighted by Crippen LogP contribution is -2.49. The normalized spacial score (nSPS) is 14.8. The lowest BCUT2D eigenvalue weighted by molar-refractivity contribution is -0.141. The van der Waals surface area contributed by atoms with E-state index in [1.165, 1.54) is 20.9 Å². The lowest BCUT2D eigenvalue weighted by Gasteiger charge is -2.24. The van der Waals surface area contributed by atoms with Gasteiger partial charge in [0.1, 0.15) is 15.9 Å². The smallest absolute Gasteiger partial charge is 0.326 e. The highest BCUT2D eigenvalue weighted by atomic mass is 32.2. The number of nitrogens with zero attached hydrogens (tertiary/aromatic N) is 1. The van der Waals surface area contributed by atoms with Crippen molar-refractivity contribution >= 4 is 21.8 Å². The Morgan fingerprint density at radius 2 is 1.82 bits per heavy atom. The predicted molar refractivity (Wildman–Crippen MR) is 62.6 cm³/mol. The van der Waals surface area contributed by atoms with E-state index in [1.807, 2.05) is 0 Å². The van der Waals surface area contributed by atoms with Crippen LogP contribution < -0.4 is 5.32 Å².